The van der Waals surface area contributed by atoms with Gasteiger partial charge in [-0.3, -0.25) is 4.79 Å². The molecular formula is C15H21FN2O. The molecule has 0 bridgehead atoms. The highest BCUT2D eigenvalue weighted by atomic mass is 19.1. The quantitative estimate of drug-likeness (QED) is 0.849. The van der Waals surface area contributed by atoms with E-state index in [0.717, 1.165) is 12.3 Å². The third-order valence-electron chi connectivity index (χ3n) is 3.98. The number of pyridine rings is 1. The van der Waals surface area contributed by atoms with Crippen LogP contribution in [0.4, 0.5) is 4.39 Å². The molecule has 0 spiro atoms. The highest BCUT2D eigenvalue weighted by Crippen LogP contribution is 2.29. The first kappa shape index (κ1) is 14.0. The smallest absolute Gasteiger partial charge is 0.255 e. The van der Waals surface area contributed by atoms with Gasteiger partial charge < -0.3 is 5.32 Å². The molecule has 1 aliphatic carbocycles. The number of nitrogens with one attached hydrogen (secondary N) is 1. The van der Waals surface area contributed by atoms with Crippen LogP contribution in [-0.4, -0.2) is 17.4 Å². The van der Waals surface area contributed by atoms with Gasteiger partial charge in [-0.25, -0.2) is 4.98 Å². The summed E-state index contributed by atoms with van der Waals surface area (Å²) < 4.78 is 13.3. The van der Waals surface area contributed by atoms with Crippen LogP contribution >= 0.6 is 0 Å². The molecule has 0 atom stereocenters. The van der Waals surface area contributed by atoms with Gasteiger partial charge in [0.2, 0.25) is 5.95 Å². The van der Waals surface area contributed by atoms with Crippen molar-refractivity contribution in [3.05, 3.63) is 29.8 Å². The minimum absolute atomic E-state index is 0.0276. The van der Waals surface area contributed by atoms with Gasteiger partial charge in [0.25, 0.3) is 5.91 Å². The number of rotatable bonds is 4. The zero-order valence-electron chi connectivity index (χ0n) is 11.4. The fraction of sp³-hybridized carbons (Fsp3) is 0.600. The fourth-order valence-corrected chi connectivity index (χ4v) is 2.66. The Morgan fingerprint density at radius 3 is 2.84 bits per heavy atom. The lowest BCUT2D eigenvalue weighted by Crippen LogP contribution is -2.27. The van der Waals surface area contributed by atoms with Crippen LogP contribution in [0.15, 0.2) is 18.3 Å². The number of carbonyl (C=O) groups is 1. The maximum absolute atomic E-state index is 13.3. The van der Waals surface area contributed by atoms with Crippen molar-refractivity contribution in [1.29, 1.82) is 0 Å². The lowest BCUT2D eigenvalue weighted by Gasteiger charge is -2.26. The van der Waals surface area contributed by atoms with Crippen LogP contribution in [0.1, 0.15) is 49.4 Å². The molecular weight excluding hydrogens is 243 g/mol. The summed E-state index contributed by atoms with van der Waals surface area (Å²) >= 11 is 0. The average molecular weight is 264 g/mol. The molecule has 1 fully saturated rings. The second-order valence-corrected chi connectivity index (χ2v) is 5.51. The molecule has 1 N–H and O–H groups in total. The lowest BCUT2D eigenvalue weighted by molar-refractivity contribution is 0.0944. The normalized spacial score (nSPS) is 23.1. The first-order valence-electron chi connectivity index (χ1n) is 7.05. The van der Waals surface area contributed by atoms with Crippen LogP contribution in [0.3, 0.4) is 0 Å². The molecule has 0 saturated heterocycles. The van der Waals surface area contributed by atoms with Crippen LogP contribution in [0.25, 0.3) is 0 Å². The van der Waals surface area contributed by atoms with Gasteiger partial charge in [-0.15, -0.1) is 0 Å². The van der Waals surface area contributed by atoms with Gasteiger partial charge in [0.15, 0.2) is 0 Å². The zero-order chi connectivity index (χ0) is 13.7. The Hall–Kier alpha value is -1.45. The highest BCUT2D eigenvalue weighted by molar-refractivity contribution is 5.94. The lowest BCUT2D eigenvalue weighted by atomic mass is 9.81. The molecule has 1 aromatic heterocycles. The van der Waals surface area contributed by atoms with Crippen molar-refractivity contribution in [1.82, 2.24) is 10.3 Å². The Balaban J connectivity index is 1.74. The maximum atomic E-state index is 13.3. The molecule has 1 saturated carbocycles. The molecule has 1 heterocycles. The summed E-state index contributed by atoms with van der Waals surface area (Å²) in [7, 11) is 0. The molecule has 2 rings (SSSR count). The maximum Gasteiger partial charge on any atom is 0.255 e. The van der Waals surface area contributed by atoms with Crippen LogP contribution in [-0.2, 0) is 0 Å². The number of nitrogens with zero attached hydrogens (tertiary/aromatic N) is 1. The van der Waals surface area contributed by atoms with Gasteiger partial charge >= 0.3 is 0 Å². The van der Waals surface area contributed by atoms with Crippen LogP contribution in [0.2, 0.25) is 0 Å². The van der Waals surface area contributed by atoms with Gasteiger partial charge in [-0.2, -0.15) is 4.39 Å². The molecule has 0 unspecified atom stereocenters. The summed E-state index contributed by atoms with van der Waals surface area (Å²) in [6.07, 6.45) is 7.40. The van der Waals surface area contributed by atoms with Crippen LogP contribution < -0.4 is 5.32 Å². The van der Waals surface area contributed by atoms with E-state index in [4.69, 9.17) is 0 Å². The summed E-state index contributed by atoms with van der Waals surface area (Å²) in [5.41, 5.74) is 0.0276. The second-order valence-electron chi connectivity index (χ2n) is 5.51. The number of hydrogen-bond acceptors (Lipinski definition) is 2. The van der Waals surface area contributed by atoms with E-state index in [1.165, 1.54) is 37.9 Å². The third kappa shape index (κ3) is 4.01. The molecule has 0 aromatic carbocycles. The van der Waals surface area contributed by atoms with E-state index in [1.807, 2.05) is 0 Å². The predicted molar refractivity (Wildman–Crippen MR) is 72.3 cm³/mol. The average Bonchev–Trinajstić information content (AvgIpc) is 2.41. The third-order valence-corrected chi connectivity index (χ3v) is 3.98. The SMILES string of the molecule is CC1CCC(CCNC(=O)c2cccnc2F)CC1. The first-order chi connectivity index (χ1) is 9.16. The topological polar surface area (TPSA) is 42.0 Å². The van der Waals surface area contributed by atoms with Gasteiger partial charge in [-0.05, 0) is 30.4 Å². The Labute approximate surface area is 113 Å². The molecule has 1 aliphatic rings. The molecule has 0 radical (unpaired) electrons. The molecule has 1 aromatic rings. The predicted octanol–water partition coefficient (Wildman–Crippen LogP) is 3.17. The van der Waals surface area contributed by atoms with Gasteiger partial charge in [0.05, 0.1) is 5.56 Å². The number of carbonyl (C=O) groups excluding carboxylic acids is 1. The molecule has 1 amide bonds. The van der Waals surface area contributed by atoms with Gasteiger partial charge in [0.1, 0.15) is 0 Å². The Kier molecular flexibility index (Phi) is 4.88. The minimum atomic E-state index is -0.702. The van der Waals surface area contributed by atoms with E-state index >= 15 is 0 Å². The van der Waals surface area contributed by atoms with Crippen molar-refractivity contribution in [2.24, 2.45) is 11.8 Å². The fourth-order valence-electron chi connectivity index (χ4n) is 2.66. The largest absolute Gasteiger partial charge is 0.352 e. The first-order valence-corrected chi connectivity index (χ1v) is 7.05. The van der Waals surface area contributed by atoms with E-state index in [9.17, 15) is 9.18 Å². The Morgan fingerprint density at radius 2 is 2.16 bits per heavy atom. The van der Waals surface area contributed by atoms with Crippen molar-refractivity contribution >= 4 is 5.91 Å². The number of aromatic nitrogens is 1. The number of halogens is 1. The van der Waals surface area contributed by atoms with Crippen molar-refractivity contribution in [2.45, 2.75) is 39.0 Å². The Morgan fingerprint density at radius 1 is 1.42 bits per heavy atom. The van der Waals surface area contributed by atoms with Crippen molar-refractivity contribution in [3.8, 4) is 0 Å². The second kappa shape index (κ2) is 6.64. The molecule has 3 nitrogen and oxygen atoms in total. The minimum Gasteiger partial charge on any atom is -0.352 e. The number of hydrogen-bond donors (Lipinski definition) is 1. The van der Waals surface area contributed by atoms with Crippen LogP contribution in [0, 0.1) is 17.8 Å². The number of amides is 1. The summed E-state index contributed by atoms with van der Waals surface area (Å²) in [4.78, 5) is 15.2. The summed E-state index contributed by atoms with van der Waals surface area (Å²) in [6.45, 7) is 2.91. The molecule has 104 valence electrons. The highest BCUT2D eigenvalue weighted by Gasteiger charge is 2.18. The van der Waals surface area contributed by atoms with Crippen molar-refractivity contribution in [2.75, 3.05) is 6.54 Å². The van der Waals surface area contributed by atoms with E-state index in [0.29, 0.717) is 12.5 Å². The monoisotopic (exact) mass is 264 g/mol. The van der Waals surface area contributed by atoms with Gasteiger partial charge in [-0.1, -0.05) is 32.6 Å². The summed E-state index contributed by atoms with van der Waals surface area (Å²) in [6, 6.07) is 3.03. The Bertz CT molecular complexity index is 428. The standard InChI is InChI=1S/C15H21FN2O/c1-11-4-6-12(7-5-11)8-10-18-15(19)13-3-2-9-17-14(13)16/h2-3,9,11-12H,4-8,10H2,1H3,(H,18,19). The van der Waals surface area contributed by atoms with E-state index in [-0.39, 0.29) is 11.5 Å². The molecule has 0 aliphatic heterocycles. The summed E-state index contributed by atoms with van der Waals surface area (Å²) in [5.74, 6) is 0.479. The van der Waals surface area contributed by atoms with E-state index < -0.39 is 5.95 Å². The van der Waals surface area contributed by atoms with E-state index in [2.05, 4.69) is 17.2 Å². The van der Waals surface area contributed by atoms with Crippen LogP contribution in [0.5, 0.6) is 0 Å². The molecule has 4 heteroatoms. The summed E-state index contributed by atoms with van der Waals surface area (Å²) in [5, 5.41) is 2.78. The van der Waals surface area contributed by atoms with Gasteiger partial charge in [0, 0.05) is 12.7 Å². The zero-order valence-corrected chi connectivity index (χ0v) is 11.4. The van der Waals surface area contributed by atoms with E-state index in [1.54, 1.807) is 6.07 Å². The molecule has 19 heavy (non-hydrogen) atoms. The van der Waals surface area contributed by atoms with Crippen molar-refractivity contribution < 1.29 is 9.18 Å². The van der Waals surface area contributed by atoms with Crippen molar-refractivity contribution in [3.63, 3.8) is 0 Å².